The zero-order valence-corrected chi connectivity index (χ0v) is 14.3. The van der Waals surface area contributed by atoms with E-state index >= 15 is 0 Å². The normalized spacial score (nSPS) is 12.6. The van der Waals surface area contributed by atoms with E-state index < -0.39 is 6.41 Å². The van der Waals surface area contributed by atoms with Crippen LogP contribution in [0.4, 0.5) is 5.95 Å². The third kappa shape index (κ3) is 2.80. The van der Waals surface area contributed by atoms with Gasteiger partial charge in [0.05, 0.1) is 21.4 Å². The number of benzene rings is 2. The number of hydrogen-bond acceptors (Lipinski definition) is 6. The molecule has 0 aliphatic rings. The van der Waals surface area contributed by atoms with Gasteiger partial charge in [0, 0.05) is 18.1 Å². The highest BCUT2D eigenvalue weighted by Crippen LogP contribution is 2.31. The molecular formula is C17H14ClN5O3. The average molecular weight is 372 g/mol. The van der Waals surface area contributed by atoms with Crippen molar-refractivity contribution in [3.8, 4) is 11.3 Å². The van der Waals surface area contributed by atoms with Gasteiger partial charge in [0.1, 0.15) is 5.69 Å². The standard InChI is InChI=1S/C17H14ClN5O3/c1-26-17(25)21-16-19-11-6-5-8(7-12(11)20-16)14-13-9(15(24)23-22-14)3-2-4-10(13)18/h2-7,17,25H,1H3,(H,23,24)(H2,19,20,21). The molecule has 26 heavy (non-hydrogen) atoms. The topological polar surface area (TPSA) is 116 Å². The van der Waals surface area contributed by atoms with Crippen LogP contribution in [-0.2, 0) is 4.74 Å². The van der Waals surface area contributed by atoms with E-state index in [1.54, 1.807) is 18.2 Å². The maximum absolute atomic E-state index is 12.0. The largest absolute Gasteiger partial charge is 0.351 e. The SMILES string of the molecule is COC(O)Nc1nc2cc(-c3n[nH]c(=O)c4cccc(Cl)c34)ccc2[nH]1. The molecule has 0 aliphatic carbocycles. The lowest BCUT2D eigenvalue weighted by molar-refractivity contribution is -0.0514. The van der Waals surface area contributed by atoms with Crippen LogP contribution in [0.25, 0.3) is 33.1 Å². The summed E-state index contributed by atoms with van der Waals surface area (Å²) in [7, 11) is 1.37. The number of rotatable bonds is 4. The van der Waals surface area contributed by atoms with Crippen molar-refractivity contribution in [3.05, 3.63) is 51.8 Å². The Morgan fingerprint density at radius 3 is 2.96 bits per heavy atom. The molecule has 0 radical (unpaired) electrons. The summed E-state index contributed by atoms with van der Waals surface area (Å²) in [5.74, 6) is 0.365. The molecule has 0 spiro atoms. The second-order valence-corrected chi connectivity index (χ2v) is 6.02. The molecule has 2 aromatic carbocycles. The number of anilines is 1. The molecule has 1 unspecified atom stereocenters. The van der Waals surface area contributed by atoms with Gasteiger partial charge < -0.3 is 20.1 Å². The van der Waals surface area contributed by atoms with Crippen molar-refractivity contribution < 1.29 is 9.84 Å². The van der Waals surface area contributed by atoms with Crippen molar-refractivity contribution in [2.75, 3.05) is 12.4 Å². The highest BCUT2D eigenvalue weighted by Gasteiger charge is 2.14. The first-order chi connectivity index (χ1) is 12.6. The van der Waals surface area contributed by atoms with E-state index in [2.05, 4.69) is 25.5 Å². The Hall–Kier alpha value is -2.94. The number of aromatic nitrogens is 4. The Labute approximate surface area is 151 Å². The number of halogens is 1. The Morgan fingerprint density at radius 1 is 1.31 bits per heavy atom. The number of aliphatic hydroxyl groups excluding tert-OH is 1. The van der Waals surface area contributed by atoms with Crippen LogP contribution in [0, 0.1) is 0 Å². The summed E-state index contributed by atoms with van der Waals surface area (Å²) in [6, 6.07) is 10.6. The molecule has 4 N–H and O–H groups in total. The molecule has 2 heterocycles. The van der Waals surface area contributed by atoms with Crippen LogP contribution < -0.4 is 10.9 Å². The summed E-state index contributed by atoms with van der Waals surface area (Å²) in [5, 5.41) is 20.3. The van der Waals surface area contributed by atoms with E-state index in [9.17, 15) is 9.90 Å². The number of ether oxygens (including phenoxy) is 1. The molecule has 1 atom stereocenters. The molecule has 0 aliphatic heterocycles. The fourth-order valence-corrected chi connectivity index (χ4v) is 3.05. The quantitative estimate of drug-likeness (QED) is 0.409. The number of fused-ring (bicyclic) bond motifs is 2. The number of methoxy groups -OCH3 is 1. The summed E-state index contributed by atoms with van der Waals surface area (Å²) in [4.78, 5) is 19.4. The maximum atomic E-state index is 12.0. The minimum absolute atomic E-state index is 0.299. The smallest absolute Gasteiger partial charge is 0.272 e. The van der Waals surface area contributed by atoms with E-state index in [0.717, 1.165) is 11.1 Å². The summed E-state index contributed by atoms with van der Waals surface area (Å²) < 4.78 is 4.74. The fourth-order valence-electron chi connectivity index (χ4n) is 2.78. The van der Waals surface area contributed by atoms with Crippen molar-refractivity contribution in [1.82, 2.24) is 20.2 Å². The fraction of sp³-hybridized carbons (Fsp3) is 0.118. The highest BCUT2D eigenvalue weighted by atomic mass is 35.5. The van der Waals surface area contributed by atoms with Gasteiger partial charge in [-0.3, -0.25) is 4.79 Å². The highest BCUT2D eigenvalue weighted by molar-refractivity contribution is 6.36. The summed E-state index contributed by atoms with van der Waals surface area (Å²) in [6.45, 7) is 0. The summed E-state index contributed by atoms with van der Waals surface area (Å²) in [6.07, 6.45) is -1.17. The van der Waals surface area contributed by atoms with Crippen LogP contribution in [0.5, 0.6) is 0 Å². The Bertz CT molecular complexity index is 1170. The number of H-pyrrole nitrogens is 2. The molecule has 2 aromatic heterocycles. The molecule has 8 nitrogen and oxygen atoms in total. The van der Waals surface area contributed by atoms with Crippen molar-refractivity contribution in [2.45, 2.75) is 6.41 Å². The molecule has 0 saturated carbocycles. The zero-order chi connectivity index (χ0) is 18.3. The van der Waals surface area contributed by atoms with Crippen LogP contribution in [0.3, 0.4) is 0 Å². The van der Waals surface area contributed by atoms with Crippen LogP contribution in [0.2, 0.25) is 5.02 Å². The first-order valence-electron chi connectivity index (χ1n) is 7.71. The van der Waals surface area contributed by atoms with Gasteiger partial charge in [-0.2, -0.15) is 5.10 Å². The van der Waals surface area contributed by atoms with Crippen molar-refractivity contribution in [1.29, 1.82) is 0 Å². The predicted molar refractivity (Wildman–Crippen MR) is 99.1 cm³/mol. The lowest BCUT2D eigenvalue weighted by Crippen LogP contribution is -2.20. The summed E-state index contributed by atoms with van der Waals surface area (Å²) >= 11 is 6.31. The van der Waals surface area contributed by atoms with Gasteiger partial charge in [-0.1, -0.05) is 23.7 Å². The molecular weight excluding hydrogens is 358 g/mol. The van der Waals surface area contributed by atoms with E-state index in [4.69, 9.17) is 16.3 Å². The van der Waals surface area contributed by atoms with Crippen LogP contribution in [0.1, 0.15) is 0 Å². The zero-order valence-electron chi connectivity index (χ0n) is 13.6. The predicted octanol–water partition coefficient (Wildman–Crippen LogP) is 2.45. The van der Waals surface area contributed by atoms with Gasteiger partial charge in [0.2, 0.25) is 12.4 Å². The van der Waals surface area contributed by atoms with Gasteiger partial charge >= 0.3 is 0 Å². The number of imidazole rings is 1. The average Bonchev–Trinajstić information content (AvgIpc) is 3.04. The molecule has 0 saturated heterocycles. The first-order valence-corrected chi connectivity index (χ1v) is 8.09. The van der Waals surface area contributed by atoms with Gasteiger partial charge in [0.15, 0.2) is 0 Å². The minimum atomic E-state index is -1.17. The monoisotopic (exact) mass is 371 g/mol. The van der Waals surface area contributed by atoms with Crippen LogP contribution >= 0.6 is 11.6 Å². The molecule has 4 aromatic rings. The van der Waals surface area contributed by atoms with E-state index in [0.29, 0.717) is 33.0 Å². The molecule has 0 bridgehead atoms. The maximum Gasteiger partial charge on any atom is 0.272 e. The lowest BCUT2D eigenvalue weighted by Gasteiger charge is -2.07. The Balaban J connectivity index is 1.86. The third-order valence-corrected chi connectivity index (χ3v) is 4.32. The van der Waals surface area contributed by atoms with Crippen molar-refractivity contribution in [2.24, 2.45) is 0 Å². The van der Waals surface area contributed by atoms with Crippen LogP contribution in [-0.4, -0.2) is 38.8 Å². The number of nitrogens with zero attached hydrogens (tertiary/aromatic N) is 2. The van der Waals surface area contributed by atoms with Gasteiger partial charge in [-0.05, 0) is 24.3 Å². The summed E-state index contributed by atoms with van der Waals surface area (Å²) in [5.41, 5.74) is 2.42. The lowest BCUT2D eigenvalue weighted by atomic mass is 10.0. The molecule has 9 heteroatoms. The Morgan fingerprint density at radius 2 is 2.15 bits per heavy atom. The first kappa shape index (κ1) is 16.5. The van der Waals surface area contributed by atoms with Gasteiger partial charge in [-0.25, -0.2) is 10.1 Å². The minimum Gasteiger partial charge on any atom is -0.351 e. The second kappa shape index (κ2) is 6.41. The number of aromatic amines is 2. The third-order valence-electron chi connectivity index (χ3n) is 4.00. The molecule has 0 amide bonds. The number of hydrogen-bond donors (Lipinski definition) is 4. The van der Waals surface area contributed by atoms with E-state index in [1.165, 1.54) is 7.11 Å². The van der Waals surface area contributed by atoms with E-state index in [-0.39, 0.29) is 5.56 Å². The molecule has 4 rings (SSSR count). The second-order valence-electron chi connectivity index (χ2n) is 5.61. The Kier molecular flexibility index (Phi) is 4.08. The molecule has 132 valence electrons. The van der Waals surface area contributed by atoms with Crippen molar-refractivity contribution in [3.63, 3.8) is 0 Å². The van der Waals surface area contributed by atoms with E-state index in [1.807, 2.05) is 18.2 Å². The molecule has 0 fully saturated rings. The van der Waals surface area contributed by atoms with Crippen molar-refractivity contribution >= 4 is 39.4 Å². The number of nitrogens with one attached hydrogen (secondary N) is 3. The van der Waals surface area contributed by atoms with Crippen LogP contribution in [0.15, 0.2) is 41.2 Å². The van der Waals surface area contributed by atoms with Gasteiger partial charge in [-0.15, -0.1) is 0 Å². The van der Waals surface area contributed by atoms with Gasteiger partial charge in [0.25, 0.3) is 5.56 Å². The number of aliphatic hydroxyl groups is 1.